The number of nitrogens with one attached hydrogen (secondary N) is 1. The number of benzene rings is 1. The summed E-state index contributed by atoms with van der Waals surface area (Å²) in [5, 5.41) is 7.60. The van der Waals surface area contributed by atoms with Crippen LogP contribution in [0.3, 0.4) is 0 Å². The van der Waals surface area contributed by atoms with Crippen LogP contribution in [0.5, 0.6) is 0 Å². The van der Waals surface area contributed by atoms with E-state index in [0.717, 1.165) is 25.4 Å². The minimum atomic E-state index is -0.161. The Labute approximate surface area is 159 Å². The molecule has 2 aromatic rings. The molecular weight excluding hydrogens is 350 g/mol. The molecule has 0 spiro atoms. The number of likely N-dealkylation sites (tertiary alicyclic amines) is 1. The third-order valence-electron chi connectivity index (χ3n) is 4.90. The highest BCUT2D eigenvalue weighted by molar-refractivity contribution is 6.33. The predicted octanol–water partition coefficient (Wildman–Crippen LogP) is 4.16. The van der Waals surface area contributed by atoms with Gasteiger partial charge in [-0.15, -0.1) is 0 Å². The maximum atomic E-state index is 12.7. The van der Waals surface area contributed by atoms with Gasteiger partial charge in [0.15, 0.2) is 0 Å². The molecule has 1 aromatic carbocycles. The van der Waals surface area contributed by atoms with E-state index in [9.17, 15) is 4.79 Å². The van der Waals surface area contributed by atoms with Gasteiger partial charge >= 0.3 is 0 Å². The van der Waals surface area contributed by atoms with Crippen LogP contribution in [0.2, 0.25) is 5.02 Å². The topological polar surface area (TPSA) is 58.4 Å². The highest BCUT2D eigenvalue weighted by atomic mass is 35.5. The van der Waals surface area contributed by atoms with Gasteiger partial charge in [-0.2, -0.15) is 0 Å². The molecule has 2 heterocycles. The molecule has 1 amide bonds. The summed E-state index contributed by atoms with van der Waals surface area (Å²) in [6.07, 6.45) is 3.53. The normalized spacial score (nSPS) is 18.0. The van der Waals surface area contributed by atoms with Crippen LogP contribution >= 0.6 is 11.6 Å². The van der Waals surface area contributed by atoms with Crippen molar-refractivity contribution in [1.29, 1.82) is 0 Å². The van der Waals surface area contributed by atoms with Gasteiger partial charge in [0.2, 0.25) is 0 Å². The number of piperidine rings is 1. The fourth-order valence-electron chi connectivity index (χ4n) is 3.56. The number of rotatable bonds is 6. The summed E-state index contributed by atoms with van der Waals surface area (Å²) in [7, 11) is 0. The highest BCUT2D eigenvalue weighted by Gasteiger charge is 2.23. The Kier molecular flexibility index (Phi) is 6.33. The molecule has 140 valence electrons. The lowest BCUT2D eigenvalue weighted by molar-refractivity contribution is 0.0949. The van der Waals surface area contributed by atoms with Crippen molar-refractivity contribution in [2.24, 2.45) is 5.92 Å². The number of carbonyl (C=O) groups is 1. The summed E-state index contributed by atoms with van der Waals surface area (Å²) in [6.45, 7) is 8.03. The summed E-state index contributed by atoms with van der Waals surface area (Å²) in [4.78, 5) is 15.2. The van der Waals surface area contributed by atoms with Crippen LogP contribution in [0.25, 0.3) is 11.3 Å². The van der Waals surface area contributed by atoms with Crippen molar-refractivity contribution in [2.75, 3.05) is 26.2 Å². The Hall–Kier alpha value is -1.85. The number of hydrogen-bond donors (Lipinski definition) is 1. The van der Waals surface area contributed by atoms with E-state index in [4.69, 9.17) is 16.1 Å². The van der Waals surface area contributed by atoms with Gasteiger partial charge in [0.25, 0.3) is 5.91 Å². The van der Waals surface area contributed by atoms with E-state index < -0.39 is 0 Å². The Morgan fingerprint density at radius 1 is 1.42 bits per heavy atom. The molecule has 26 heavy (non-hydrogen) atoms. The molecule has 1 aromatic heterocycles. The van der Waals surface area contributed by atoms with E-state index in [0.29, 0.717) is 34.1 Å². The first-order chi connectivity index (χ1) is 12.6. The number of aromatic nitrogens is 1. The van der Waals surface area contributed by atoms with Crippen molar-refractivity contribution in [2.45, 2.75) is 33.1 Å². The molecule has 6 heteroatoms. The van der Waals surface area contributed by atoms with Crippen LogP contribution in [0.4, 0.5) is 0 Å². The van der Waals surface area contributed by atoms with Crippen molar-refractivity contribution in [3.05, 3.63) is 40.6 Å². The monoisotopic (exact) mass is 375 g/mol. The van der Waals surface area contributed by atoms with Crippen molar-refractivity contribution in [1.82, 2.24) is 15.4 Å². The molecule has 1 fully saturated rings. The lowest BCUT2D eigenvalue weighted by Gasteiger charge is -2.30. The third-order valence-corrected chi connectivity index (χ3v) is 5.23. The summed E-state index contributed by atoms with van der Waals surface area (Å²) in [6, 6.07) is 7.34. The van der Waals surface area contributed by atoms with Gasteiger partial charge < -0.3 is 14.7 Å². The van der Waals surface area contributed by atoms with Gasteiger partial charge in [0.1, 0.15) is 17.0 Å². The van der Waals surface area contributed by atoms with Crippen LogP contribution in [0, 0.1) is 12.8 Å². The molecule has 0 saturated carbocycles. The molecule has 1 unspecified atom stereocenters. The number of carbonyl (C=O) groups excluding carboxylic acids is 1. The average Bonchev–Trinajstić information content (AvgIpc) is 3.00. The minimum Gasteiger partial charge on any atom is -0.360 e. The second-order valence-corrected chi connectivity index (χ2v) is 7.51. The number of nitrogens with zero attached hydrogens (tertiary/aromatic N) is 2. The Morgan fingerprint density at radius 2 is 2.23 bits per heavy atom. The van der Waals surface area contributed by atoms with Gasteiger partial charge in [-0.3, -0.25) is 4.79 Å². The zero-order chi connectivity index (χ0) is 18.5. The number of hydrogen-bond acceptors (Lipinski definition) is 4. The van der Waals surface area contributed by atoms with Crippen molar-refractivity contribution in [3.8, 4) is 11.3 Å². The summed E-state index contributed by atoms with van der Waals surface area (Å²) in [5.74, 6) is 1.11. The molecule has 5 nitrogen and oxygen atoms in total. The van der Waals surface area contributed by atoms with Crippen LogP contribution in [-0.2, 0) is 0 Å². The van der Waals surface area contributed by atoms with Crippen molar-refractivity contribution < 1.29 is 9.32 Å². The van der Waals surface area contributed by atoms with Crippen molar-refractivity contribution in [3.63, 3.8) is 0 Å². The molecule has 1 atom stereocenters. The number of halogens is 1. The molecule has 1 aliphatic heterocycles. The quantitative estimate of drug-likeness (QED) is 0.770. The molecule has 1 aliphatic rings. The number of aryl methyl sites for hydroxylation is 1. The lowest BCUT2D eigenvalue weighted by Crippen LogP contribution is -2.36. The van der Waals surface area contributed by atoms with Gasteiger partial charge in [-0.1, -0.05) is 41.9 Å². The molecular formula is C20H26ClN3O2. The minimum absolute atomic E-state index is 0.161. The van der Waals surface area contributed by atoms with Gasteiger partial charge in [-0.25, -0.2) is 0 Å². The Morgan fingerprint density at radius 3 is 3.00 bits per heavy atom. The molecule has 0 radical (unpaired) electrons. The average molecular weight is 376 g/mol. The second kappa shape index (κ2) is 8.69. The molecule has 1 N–H and O–H groups in total. The zero-order valence-corrected chi connectivity index (χ0v) is 16.2. The van der Waals surface area contributed by atoms with Crippen LogP contribution in [0.1, 0.15) is 42.3 Å². The standard InChI is InChI=1S/C20H26ClN3O2/c1-14-7-5-11-24(13-14)12-6-10-22-20(25)18-15(2)26-23-19(18)16-8-3-4-9-17(16)21/h3-4,8-9,14H,5-7,10-13H2,1-2H3,(H,22,25). The fourth-order valence-corrected chi connectivity index (χ4v) is 3.78. The zero-order valence-electron chi connectivity index (χ0n) is 15.4. The highest BCUT2D eigenvalue weighted by Crippen LogP contribution is 2.30. The largest absolute Gasteiger partial charge is 0.360 e. The molecule has 0 bridgehead atoms. The van der Waals surface area contributed by atoms with E-state index in [1.165, 1.54) is 19.4 Å². The Balaban J connectivity index is 1.58. The summed E-state index contributed by atoms with van der Waals surface area (Å²) >= 11 is 6.25. The van der Waals surface area contributed by atoms with Crippen LogP contribution < -0.4 is 5.32 Å². The summed E-state index contributed by atoms with van der Waals surface area (Å²) < 4.78 is 5.26. The van der Waals surface area contributed by atoms with Gasteiger partial charge in [0.05, 0.1) is 5.02 Å². The van der Waals surface area contributed by atoms with Gasteiger partial charge in [-0.05, 0) is 51.3 Å². The van der Waals surface area contributed by atoms with E-state index in [2.05, 4.69) is 22.3 Å². The smallest absolute Gasteiger partial charge is 0.257 e. The molecule has 0 aliphatic carbocycles. The van der Waals surface area contributed by atoms with E-state index in [-0.39, 0.29) is 5.91 Å². The summed E-state index contributed by atoms with van der Waals surface area (Å²) in [5.41, 5.74) is 1.67. The molecule has 3 rings (SSSR count). The Bertz CT molecular complexity index is 759. The van der Waals surface area contributed by atoms with E-state index in [1.54, 1.807) is 13.0 Å². The molecule has 1 saturated heterocycles. The SMILES string of the molecule is Cc1onc(-c2ccccc2Cl)c1C(=O)NCCCN1CCCC(C)C1. The van der Waals surface area contributed by atoms with E-state index in [1.807, 2.05) is 18.2 Å². The third kappa shape index (κ3) is 4.46. The predicted molar refractivity (Wildman–Crippen MR) is 103 cm³/mol. The second-order valence-electron chi connectivity index (χ2n) is 7.10. The maximum Gasteiger partial charge on any atom is 0.257 e. The first kappa shape index (κ1) is 18.9. The fraction of sp³-hybridized carbons (Fsp3) is 0.500. The van der Waals surface area contributed by atoms with E-state index >= 15 is 0 Å². The maximum absolute atomic E-state index is 12.7. The first-order valence-electron chi connectivity index (χ1n) is 9.28. The first-order valence-corrected chi connectivity index (χ1v) is 9.65. The lowest BCUT2D eigenvalue weighted by atomic mass is 10.0. The van der Waals surface area contributed by atoms with Crippen molar-refractivity contribution >= 4 is 17.5 Å². The van der Waals surface area contributed by atoms with Crippen LogP contribution in [-0.4, -0.2) is 42.1 Å². The van der Waals surface area contributed by atoms with Crippen LogP contribution in [0.15, 0.2) is 28.8 Å². The number of amides is 1. The van der Waals surface area contributed by atoms with Gasteiger partial charge in [0, 0.05) is 18.7 Å².